The Morgan fingerprint density at radius 2 is 2.83 bits per heavy atom. The third-order valence-electron chi connectivity index (χ3n) is 1.18. The van der Waals surface area contributed by atoms with Crippen molar-refractivity contribution in [2.24, 2.45) is 0 Å². The van der Waals surface area contributed by atoms with E-state index in [2.05, 4.69) is 16.6 Å². The van der Waals surface area contributed by atoms with Crippen LogP contribution in [-0.2, 0) is 0 Å². The third kappa shape index (κ3) is 0.165. The molecule has 1 N–H and O–H groups in total. The molecule has 0 atom stereocenters. The summed E-state index contributed by atoms with van der Waals surface area (Å²) in [6.45, 7) is 1.14. The summed E-state index contributed by atoms with van der Waals surface area (Å²) in [5, 5.41) is 2.07. The van der Waals surface area contributed by atoms with Crippen molar-refractivity contribution in [2.75, 3.05) is 6.54 Å². The van der Waals surface area contributed by atoms with Gasteiger partial charge in [-0.05, 0) is 0 Å². The van der Waals surface area contributed by atoms with Crippen LogP contribution in [0.25, 0.3) is 0 Å². The topological polar surface area (TPSA) is 15.0 Å². The fraction of sp³-hybridized carbons (Fsp3) is 0.500. The van der Waals surface area contributed by atoms with Crippen LogP contribution in [0.3, 0.4) is 0 Å². The molecule has 2 aliphatic heterocycles. The molecule has 0 unspecified atom stereocenters. The SMILES string of the molecule is C1=C2CCNN12. The summed E-state index contributed by atoms with van der Waals surface area (Å²) < 4.78 is 0. The molecular formula is C4H6N2. The summed E-state index contributed by atoms with van der Waals surface area (Å²) in [7, 11) is 0. The first kappa shape index (κ1) is 2.64. The Balaban J connectivity index is 2.22. The molecule has 2 heteroatoms. The van der Waals surface area contributed by atoms with E-state index in [1.54, 1.807) is 0 Å². The molecule has 2 heterocycles. The number of nitrogens with one attached hydrogen (secondary N) is 1. The van der Waals surface area contributed by atoms with E-state index in [0.717, 1.165) is 6.54 Å². The summed E-state index contributed by atoms with van der Waals surface area (Å²) in [6.07, 6.45) is 3.35. The van der Waals surface area contributed by atoms with Crippen molar-refractivity contribution in [3.63, 3.8) is 0 Å². The molecule has 0 aromatic rings. The summed E-state index contributed by atoms with van der Waals surface area (Å²) in [5.41, 5.74) is 4.60. The van der Waals surface area contributed by atoms with Crippen molar-refractivity contribution in [3.8, 4) is 0 Å². The monoisotopic (exact) mass is 82.1 g/mol. The molecule has 32 valence electrons. The van der Waals surface area contributed by atoms with Crippen molar-refractivity contribution in [1.29, 1.82) is 0 Å². The van der Waals surface area contributed by atoms with Gasteiger partial charge >= 0.3 is 0 Å². The van der Waals surface area contributed by atoms with Gasteiger partial charge in [0.2, 0.25) is 0 Å². The standard InChI is InChI=1S/C4H6N2/c1-2-5-6-3-4(1)6/h3,5H,1-2H2. The van der Waals surface area contributed by atoms with Crippen LogP contribution >= 0.6 is 0 Å². The van der Waals surface area contributed by atoms with Crippen LogP contribution in [-0.4, -0.2) is 11.6 Å². The zero-order valence-electron chi connectivity index (χ0n) is 3.44. The molecule has 0 amide bonds. The minimum Gasteiger partial charge on any atom is -0.285 e. The predicted molar refractivity (Wildman–Crippen MR) is 22.5 cm³/mol. The molecule has 0 radical (unpaired) electrons. The third-order valence-corrected chi connectivity index (χ3v) is 1.18. The Kier molecular flexibility index (Phi) is 0.268. The Bertz CT molecular complexity index is 106. The van der Waals surface area contributed by atoms with Crippen LogP contribution in [0.1, 0.15) is 6.42 Å². The maximum atomic E-state index is 3.13. The maximum absolute atomic E-state index is 3.13. The number of fused-ring (bicyclic) bond motifs is 1. The van der Waals surface area contributed by atoms with E-state index in [-0.39, 0.29) is 0 Å². The van der Waals surface area contributed by atoms with Gasteiger partial charge in [-0.2, -0.15) is 0 Å². The van der Waals surface area contributed by atoms with E-state index in [0.29, 0.717) is 0 Å². The van der Waals surface area contributed by atoms with Crippen molar-refractivity contribution in [2.45, 2.75) is 6.42 Å². The zero-order valence-corrected chi connectivity index (χ0v) is 3.44. The van der Waals surface area contributed by atoms with Gasteiger partial charge in [0.05, 0.1) is 5.70 Å². The van der Waals surface area contributed by atoms with Crippen LogP contribution in [0.5, 0.6) is 0 Å². The lowest BCUT2D eigenvalue weighted by Crippen LogP contribution is -2.14. The first-order valence-electron chi connectivity index (χ1n) is 2.20. The van der Waals surface area contributed by atoms with Gasteiger partial charge in [0.25, 0.3) is 0 Å². The van der Waals surface area contributed by atoms with Crippen molar-refractivity contribution < 1.29 is 0 Å². The highest BCUT2D eigenvalue weighted by Gasteiger charge is 2.24. The first-order chi connectivity index (χ1) is 2.97. The molecule has 0 spiro atoms. The van der Waals surface area contributed by atoms with Crippen LogP contribution in [0.4, 0.5) is 0 Å². The Morgan fingerprint density at radius 3 is 3.00 bits per heavy atom. The van der Waals surface area contributed by atoms with Gasteiger partial charge < -0.3 is 0 Å². The van der Waals surface area contributed by atoms with Gasteiger partial charge in [-0.25, -0.2) is 5.43 Å². The molecule has 0 aliphatic carbocycles. The lowest BCUT2D eigenvalue weighted by Gasteiger charge is -1.91. The van der Waals surface area contributed by atoms with E-state index in [4.69, 9.17) is 0 Å². The molecule has 2 aliphatic rings. The number of hydrogen-bond donors (Lipinski definition) is 1. The van der Waals surface area contributed by atoms with Gasteiger partial charge in [0.1, 0.15) is 0 Å². The molecule has 0 saturated carbocycles. The van der Waals surface area contributed by atoms with Gasteiger partial charge in [-0.15, -0.1) is 0 Å². The van der Waals surface area contributed by atoms with Crippen molar-refractivity contribution in [3.05, 3.63) is 11.9 Å². The average Bonchev–Trinajstić information content (AvgIpc) is 2.17. The predicted octanol–water partition coefficient (Wildman–Crippen LogP) is 0.0517. The maximum Gasteiger partial charge on any atom is 0.0536 e. The molecule has 0 aromatic carbocycles. The minimum absolute atomic E-state index is 1.14. The normalized spacial score (nSPS) is 26.7. The second kappa shape index (κ2) is 0.611. The highest BCUT2D eigenvalue weighted by molar-refractivity contribution is 5.20. The Morgan fingerprint density at radius 1 is 1.83 bits per heavy atom. The number of hydrogen-bond acceptors (Lipinski definition) is 2. The summed E-state index contributed by atoms with van der Waals surface area (Å²) in [6, 6.07) is 0. The molecule has 6 heavy (non-hydrogen) atoms. The summed E-state index contributed by atoms with van der Waals surface area (Å²) in [5.74, 6) is 0. The fourth-order valence-corrected chi connectivity index (χ4v) is 0.757. The largest absolute Gasteiger partial charge is 0.285 e. The molecule has 0 bridgehead atoms. The fourth-order valence-electron chi connectivity index (χ4n) is 0.757. The van der Waals surface area contributed by atoms with Crippen LogP contribution in [0.2, 0.25) is 0 Å². The Hall–Kier alpha value is -0.500. The van der Waals surface area contributed by atoms with E-state index in [1.807, 2.05) is 0 Å². The first-order valence-corrected chi connectivity index (χ1v) is 2.20. The quantitative estimate of drug-likeness (QED) is 0.444. The van der Waals surface area contributed by atoms with Gasteiger partial charge in [-0.3, -0.25) is 5.01 Å². The van der Waals surface area contributed by atoms with Crippen molar-refractivity contribution >= 4 is 0 Å². The lowest BCUT2D eigenvalue weighted by atomic mass is 10.4. The van der Waals surface area contributed by atoms with E-state index in [1.165, 1.54) is 12.1 Å². The molecular weight excluding hydrogens is 76.1 g/mol. The minimum atomic E-state index is 1.14. The van der Waals surface area contributed by atoms with E-state index in [9.17, 15) is 0 Å². The zero-order chi connectivity index (χ0) is 3.98. The highest BCUT2D eigenvalue weighted by atomic mass is 15.6. The molecule has 1 saturated heterocycles. The van der Waals surface area contributed by atoms with Crippen LogP contribution in [0, 0.1) is 0 Å². The number of rotatable bonds is 0. The van der Waals surface area contributed by atoms with E-state index >= 15 is 0 Å². The second-order valence-corrected chi connectivity index (χ2v) is 1.65. The van der Waals surface area contributed by atoms with Crippen LogP contribution < -0.4 is 5.43 Å². The highest BCUT2D eigenvalue weighted by Crippen LogP contribution is 2.25. The van der Waals surface area contributed by atoms with Crippen molar-refractivity contribution in [1.82, 2.24) is 10.4 Å². The smallest absolute Gasteiger partial charge is 0.0536 e. The number of hydrazine groups is 1. The molecule has 0 aromatic heterocycles. The Labute approximate surface area is 36.4 Å². The van der Waals surface area contributed by atoms with E-state index < -0.39 is 0 Å². The van der Waals surface area contributed by atoms with Crippen LogP contribution in [0.15, 0.2) is 11.9 Å². The number of nitrogens with zero attached hydrogens (tertiary/aromatic N) is 1. The molecule has 1 fully saturated rings. The average molecular weight is 82.1 g/mol. The summed E-state index contributed by atoms with van der Waals surface area (Å²) in [4.78, 5) is 0. The van der Waals surface area contributed by atoms with Gasteiger partial charge in [0.15, 0.2) is 0 Å². The van der Waals surface area contributed by atoms with Gasteiger partial charge in [0, 0.05) is 19.2 Å². The molecule has 2 nitrogen and oxygen atoms in total. The lowest BCUT2D eigenvalue weighted by molar-refractivity contribution is 0.491. The second-order valence-electron chi connectivity index (χ2n) is 1.65. The molecule has 2 rings (SSSR count). The van der Waals surface area contributed by atoms with Gasteiger partial charge in [-0.1, -0.05) is 0 Å². The summed E-state index contributed by atoms with van der Waals surface area (Å²) >= 11 is 0.